The van der Waals surface area contributed by atoms with Crippen molar-refractivity contribution in [2.45, 2.75) is 96.8 Å². The number of benzene rings is 1. The lowest BCUT2D eigenvalue weighted by Gasteiger charge is -2.05. The first-order valence-corrected chi connectivity index (χ1v) is 11.6. The van der Waals surface area contributed by atoms with Gasteiger partial charge in [-0.05, 0) is 32.1 Å². The summed E-state index contributed by atoms with van der Waals surface area (Å²) in [6.45, 7) is 2.09. The quantitative estimate of drug-likeness (QED) is 0.111. The third kappa shape index (κ3) is 14.7. The van der Waals surface area contributed by atoms with Crippen molar-refractivity contribution in [2.24, 2.45) is 0 Å². The van der Waals surface area contributed by atoms with Crippen molar-refractivity contribution < 1.29 is 14.3 Å². The molecule has 0 heterocycles. The Kier molecular flexibility index (Phi) is 15.7. The Labute approximate surface area is 177 Å². The molecule has 0 saturated carbocycles. The van der Waals surface area contributed by atoms with E-state index in [4.69, 9.17) is 4.74 Å². The smallest absolute Gasteiger partial charge is 0.306 e. The molecule has 1 aromatic rings. The Hall–Kier alpha value is -1.90. The van der Waals surface area contributed by atoms with Crippen LogP contribution in [-0.4, -0.2) is 18.4 Å². The number of carbonyl (C=O) groups is 2. The molecule has 0 aliphatic rings. The summed E-state index contributed by atoms with van der Waals surface area (Å²) in [5, 5.41) is 0. The number of hydrogen-bond acceptors (Lipinski definition) is 3. The molecule has 0 N–H and O–H groups in total. The van der Waals surface area contributed by atoms with Crippen LogP contribution in [0.3, 0.4) is 0 Å². The van der Waals surface area contributed by atoms with E-state index in [2.05, 4.69) is 19.1 Å². The molecule has 0 spiro atoms. The van der Waals surface area contributed by atoms with Crippen LogP contribution in [-0.2, 0) is 9.53 Å². The maximum atomic E-state index is 11.9. The van der Waals surface area contributed by atoms with E-state index in [9.17, 15) is 9.59 Å². The molecule has 0 aromatic heterocycles. The number of carbonyl (C=O) groups excluding carboxylic acids is 2. The van der Waals surface area contributed by atoms with Crippen LogP contribution in [0.25, 0.3) is 0 Å². The van der Waals surface area contributed by atoms with Crippen molar-refractivity contribution in [1.29, 1.82) is 0 Å². The highest BCUT2D eigenvalue weighted by Gasteiger charge is 2.09. The Bertz CT molecular complexity index is 563. The largest absolute Gasteiger partial charge is 0.457 e. The molecule has 0 atom stereocenters. The molecule has 1 aromatic carbocycles. The minimum atomic E-state index is -0.268. The summed E-state index contributed by atoms with van der Waals surface area (Å²) in [7, 11) is 0. The highest BCUT2D eigenvalue weighted by molar-refractivity contribution is 5.97. The maximum absolute atomic E-state index is 11.9. The standard InChI is InChI=1S/C26H40O3/c1-2-3-4-5-6-7-8-9-10-11-12-13-14-15-19-22-26(28)29-23-25(27)24-20-17-16-18-21-24/h7-8,16-18,20-21H,2-6,9-15,19,22-23H2,1H3. The molecule has 0 amide bonds. The van der Waals surface area contributed by atoms with E-state index in [1.54, 1.807) is 24.3 Å². The third-order valence-corrected chi connectivity index (χ3v) is 5.10. The van der Waals surface area contributed by atoms with E-state index < -0.39 is 0 Å². The van der Waals surface area contributed by atoms with Gasteiger partial charge in [-0.15, -0.1) is 0 Å². The zero-order valence-electron chi connectivity index (χ0n) is 18.4. The van der Waals surface area contributed by atoms with E-state index >= 15 is 0 Å². The topological polar surface area (TPSA) is 43.4 Å². The zero-order valence-corrected chi connectivity index (χ0v) is 18.4. The Balaban J connectivity index is 1.86. The van der Waals surface area contributed by atoms with Crippen LogP contribution >= 0.6 is 0 Å². The van der Waals surface area contributed by atoms with Gasteiger partial charge in [0.25, 0.3) is 0 Å². The molecule has 0 radical (unpaired) electrons. The molecule has 0 unspecified atom stereocenters. The fourth-order valence-corrected chi connectivity index (χ4v) is 3.27. The number of Topliss-reactive ketones (excluding diaryl/α,β-unsaturated/α-hetero) is 1. The lowest BCUT2D eigenvalue weighted by Crippen LogP contribution is -2.13. The minimum Gasteiger partial charge on any atom is -0.457 e. The normalized spacial score (nSPS) is 11.1. The zero-order chi connectivity index (χ0) is 21.0. The molecule has 0 saturated heterocycles. The molecule has 1 rings (SSSR count). The lowest BCUT2D eigenvalue weighted by molar-refractivity contribution is -0.142. The molecule has 3 nitrogen and oxygen atoms in total. The molecule has 0 aliphatic heterocycles. The van der Waals surface area contributed by atoms with Gasteiger partial charge in [-0.1, -0.05) is 101 Å². The summed E-state index contributed by atoms with van der Waals surface area (Å²) in [5.41, 5.74) is 0.586. The van der Waals surface area contributed by atoms with E-state index in [0.717, 1.165) is 12.8 Å². The highest BCUT2D eigenvalue weighted by atomic mass is 16.5. The fourth-order valence-electron chi connectivity index (χ4n) is 3.27. The second-order valence-electron chi connectivity index (χ2n) is 7.78. The van der Waals surface area contributed by atoms with Crippen LogP contribution in [0.1, 0.15) is 107 Å². The Morgan fingerprint density at radius 2 is 1.31 bits per heavy atom. The van der Waals surface area contributed by atoms with E-state index in [1.165, 1.54) is 70.6 Å². The van der Waals surface area contributed by atoms with Crippen LogP contribution in [0.4, 0.5) is 0 Å². The lowest BCUT2D eigenvalue weighted by atomic mass is 10.1. The van der Waals surface area contributed by atoms with Gasteiger partial charge in [0.2, 0.25) is 0 Å². The van der Waals surface area contributed by atoms with Gasteiger partial charge >= 0.3 is 5.97 Å². The van der Waals surface area contributed by atoms with Crippen LogP contribution in [0.5, 0.6) is 0 Å². The molecular weight excluding hydrogens is 360 g/mol. The fraction of sp³-hybridized carbons (Fsp3) is 0.615. The Morgan fingerprint density at radius 1 is 0.759 bits per heavy atom. The predicted octanol–water partition coefficient (Wildman–Crippen LogP) is 7.45. The average molecular weight is 401 g/mol. The molecule has 0 aliphatic carbocycles. The maximum Gasteiger partial charge on any atom is 0.306 e. The van der Waals surface area contributed by atoms with Crippen molar-refractivity contribution in [2.75, 3.05) is 6.61 Å². The monoisotopic (exact) mass is 400 g/mol. The van der Waals surface area contributed by atoms with Gasteiger partial charge in [-0.2, -0.15) is 0 Å². The number of hydrogen-bond donors (Lipinski definition) is 0. The van der Waals surface area contributed by atoms with E-state index in [1.807, 2.05) is 6.07 Å². The first kappa shape index (κ1) is 25.1. The van der Waals surface area contributed by atoms with Gasteiger partial charge in [0.1, 0.15) is 0 Å². The minimum absolute atomic E-state index is 0.148. The van der Waals surface area contributed by atoms with Crippen molar-refractivity contribution in [1.82, 2.24) is 0 Å². The number of allylic oxidation sites excluding steroid dienone is 2. The van der Waals surface area contributed by atoms with Crippen LogP contribution in [0, 0.1) is 0 Å². The van der Waals surface area contributed by atoms with Crippen molar-refractivity contribution in [3.05, 3.63) is 48.0 Å². The second kappa shape index (κ2) is 18.1. The van der Waals surface area contributed by atoms with Crippen LogP contribution in [0.15, 0.2) is 42.5 Å². The van der Waals surface area contributed by atoms with Gasteiger partial charge in [0.05, 0.1) is 0 Å². The molecule has 3 heteroatoms. The number of unbranched alkanes of at least 4 members (excludes halogenated alkanes) is 11. The van der Waals surface area contributed by atoms with Gasteiger partial charge in [-0.25, -0.2) is 0 Å². The summed E-state index contributed by atoms with van der Waals surface area (Å²) >= 11 is 0. The van der Waals surface area contributed by atoms with Crippen molar-refractivity contribution in [3.8, 4) is 0 Å². The highest BCUT2D eigenvalue weighted by Crippen LogP contribution is 2.11. The van der Waals surface area contributed by atoms with E-state index in [0.29, 0.717) is 12.0 Å². The summed E-state index contributed by atoms with van der Waals surface area (Å²) in [5.74, 6) is -0.416. The third-order valence-electron chi connectivity index (χ3n) is 5.10. The predicted molar refractivity (Wildman–Crippen MR) is 121 cm³/mol. The summed E-state index contributed by atoms with van der Waals surface area (Å²) in [6, 6.07) is 8.95. The average Bonchev–Trinajstić information content (AvgIpc) is 2.75. The van der Waals surface area contributed by atoms with Gasteiger partial charge in [0.15, 0.2) is 12.4 Å². The number of esters is 1. The Morgan fingerprint density at radius 3 is 1.93 bits per heavy atom. The van der Waals surface area contributed by atoms with Crippen LogP contribution < -0.4 is 0 Å². The van der Waals surface area contributed by atoms with Crippen molar-refractivity contribution >= 4 is 11.8 Å². The first-order chi connectivity index (χ1) is 14.2. The molecular formula is C26H40O3. The summed E-state index contributed by atoms with van der Waals surface area (Å²) < 4.78 is 5.08. The molecule has 162 valence electrons. The van der Waals surface area contributed by atoms with Crippen LogP contribution in [0.2, 0.25) is 0 Å². The van der Waals surface area contributed by atoms with Gasteiger partial charge in [-0.3, -0.25) is 9.59 Å². The molecule has 0 fully saturated rings. The second-order valence-corrected chi connectivity index (χ2v) is 7.78. The number of ketones is 1. The number of ether oxygens (including phenoxy) is 1. The van der Waals surface area contributed by atoms with Gasteiger partial charge < -0.3 is 4.74 Å². The number of rotatable bonds is 18. The van der Waals surface area contributed by atoms with Crippen molar-refractivity contribution in [3.63, 3.8) is 0 Å². The SMILES string of the molecule is CCCCCCC=CCCCCCCCCCC(=O)OCC(=O)c1ccccc1. The summed E-state index contributed by atoms with van der Waals surface area (Å²) in [4.78, 5) is 23.6. The molecule has 29 heavy (non-hydrogen) atoms. The molecule has 0 bridgehead atoms. The summed E-state index contributed by atoms with van der Waals surface area (Å²) in [6.07, 6.45) is 21.1. The van der Waals surface area contributed by atoms with Gasteiger partial charge in [0, 0.05) is 12.0 Å². The van der Waals surface area contributed by atoms with E-state index in [-0.39, 0.29) is 18.4 Å². The first-order valence-electron chi connectivity index (χ1n) is 11.6.